The highest BCUT2D eigenvalue weighted by molar-refractivity contribution is 7.89. The highest BCUT2D eigenvalue weighted by atomic mass is 35.5. The number of hydrogen-bond acceptors (Lipinski definition) is 4. The Morgan fingerprint density at radius 1 is 1.06 bits per heavy atom. The van der Waals surface area contributed by atoms with Crippen LogP contribution in [-0.4, -0.2) is 38.7 Å². The van der Waals surface area contributed by atoms with Crippen LogP contribution in [0.4, 0.5) is 0 Å². The van der Waals surface area contributed by atoms with Gasteiger partial charge in [0.15, 0.2) is 5.78 Å². The molecular weight excluding hydrogens is 432 g/mol. The highest BCUT2D eigenvalue weighted by Gasteiger charge is 2.29. The minimum absolute atomic E-state index is 0.130. The van der Waals surface area contributed by atoms with E-state index < -0.39 is 15.4 Å². The summed E-state index contributed by atoms with van der Waals surface area (Å²) in [7, 11) is -3.71. The second-order valence-electron chi connectivity index (χ2n) is 8.73. The summed E-state index contributed by atoms with van der Waals surface area (Å²) in [5.74, 6) is 0.130. The summed E-state index contributed by atoms with van der Waals surface area (Å²) < 4.78 is 28.5. The Bertz CT molecular complexity index is 939. The molecule has 0 aromatic heterocycles. The molecule has 0 heterocycles. The third-order valence-electron chi connectivity index (χ3n) is 5.20. The maximum absolute atomic E-state index is 12.9. The number of halogens is 1. The van der Waals surface area contributed by atoms with Gasteiger partial charge in [-0.05, 0) is 42.8 Å². The summed E-state index contributed by atoms with van der Waals surface area (Å²) in [5.41, 5.74) is 0.508. The fraction of sp³-hybridized carbons (Fsp3) is 0.458. The SMILES string of the molecule is CCCCN(CC(=O)C(C)(C)C)C(CNS(=O)(=O)c1ccc(Cl)cc1)c1ccccc1. The predicted molar refractivity (Wildman–Crippen MR) is 127 cm³/mol. The van der Waals surface area contributed by atoms with Crippen molar-refractivity contribution in [1.29, 1.82) is 0 Å². The molecular formula is C24H33ClN2O3S. The molecule has 7 heteroatoms. The number of hydrogen-bond donors (Lipinski definition) is 1. The van der Waals surface area contributed by atoms with E-state index >= 15 is 0 Å². The van der Waals surface area contributed by atoms with Crippen molar-refractivity contribution in [2.45, 2.75) is 51.5 Å². The molecule has 5 nitrogen and oxygen atoms in total. The summed E-state index contributed by atoms with van der Waals surface area (Å²) in [4.78, 5) is 15.1. The molecule has 31 heavy (non-hydrogen) atoms. The second-order valence-corrected chi connectivity index (χ2v) is 10.9. The molecule has 0 saturated heterocycles. The van der Waals surface area contributed by atoms with Crippen LogP contribution in [-0.2, 0) is 14.8 Å². The van der Waals surface area contributed by atoms with Crippen LogP contribution in [0.5, 0.6) is 0 Å². The van der Waals surface area contributed by atoms with Crippen LogP contribution in [0.1, 0.15) is 52.1 Å². The fourth-order valence-corrected chi connectivity index (χ4v) is 4.31. The zero-order valence-corrected chi connectivity index (χ0v) is 20.3. The third-order valence-corrected chi connectivity index (χ3v) is 6.89. The van der Waals surface area contributed by atoms with Gasteiger partial charge in [0.25, 0.3) is 0 Å². The van der Waals surface area contributed by atoms with Crippen LogP contribution in [0.3, 0.4) is 0 Å². The highest BCUT2D eigenvalue weighted by Crippen LogP contribution is 2.24. The van der Waals surface area contributed by atoms with Crippen LogP contribution < -0.4 is 4.72 Å². The number of rotatable bonds is 11. The number of unbranched alkanes of at least 4 members (excludes halogenated alkanes) is 1. The minimum Gasteiger partial charge on any atom is -0.298 e. The van der Waals surface area contributed by atoms with Gasteiger partial charge < -0.3 is 0 Å². The Morgan fingerprint density at radius 3 is 2.23 bits per heavy atom. The monoisotopic (exact) mass is 464 g/mol. The van der Waals surface area contributed by atoms with Crippen LogP contribution in [0.15, 0.2) is 59.5 Å². The molecule has 0 amide bonds. The molecule has 0 aliphatic carbocycles. The van der Waals surface area contributed by atoms with Crippen molar-refractivity contribution in [2.24, 2.45) is 5.41 Å². The van der Waals surface area contributed by atoms with E-state index in [2.05, 4.69) is 16.5 Å². The molecule has 0 spiro atoms. The Balaban J connectivity index is 2.31. The largest absolute Gasteiger partial charge is 0.298 e. The molecule has 0 saturated carbocycles. The van der Waals surface area contributed by atoms with Crippen LogP contribution in [0, 0.1) is 5.41 Å². The molecule has 0 bridgehead atoms. The van der Waals surface area contributed by atoms with E-state index in [1.165, 1.54) is 12.1 Å². The first kappa shape index (κ1) is 25.5. The van der Waals surface area contributed by atoms with Crippen molar-refractivity contribution in [3.8, 4) is 0 Å². The van der Waals surface area contributed by atoms with Gasteiger partial charge in [0.1, 0.15) is 0 Å². The van der Waals surface area contributed by atoms with Gasteiger partial charge in [-0.3, -0.25) is 9.69 Å². The molecule has 0 aliphatic heterocycles. The van der Waals surface area contributed by atoms with E-state index in [0.29, 0.717) is 11.6 Å². The molecule has 0 aliphatic rings. The van der Waals surface area contributed by atoms with E-state index in [1.807, 2.05) is 51.1 Å². The maximum atomic E-state index is 12.9. The first-order chi connectivity index (χ1) is 14.5. The number of benzene rings is 2. The minimum atomic E-state index is -3.71. The van der Waals surface area contributed by atoms with E-state index in [1.54, 1.807) is 12.1 Å². The van der Waals surface area contributed by atoms with Crippen molar-refractivity contribution in [2.75, 3.05) is 19.6 Å². The lowest BCUT2D eigenvalue weighted by molar-refractivity contribution is -0.128. The van der Waals surface area contributed by atoms with Crippen molar-refractivity contribution >= 4 is 27.4 Å². The van der Waals surface area contributed by atoms with Gasteiger partial charge >= 0.3 is 0 Å². The average Bonchev–Trinajstić information content (AvgIpc) is 2.72. The summed E-state index contributed by atoms with van der Waals surface area (Å²) >= 11 is 5.89. The predicted octanol–water partition coefficient (Wildman–Crippen LogP) is 5.08. The number of Topliss-reactive ketones (excluding diaryl/α,β-unsaturated/α-hetero) is 1. The fourth-order valence-electron chi connectivity index (χ4n) is 3.15. The van der Waals surface area contributed by atoms with Gasteiger partial charge in [0.05, 0.1) is 11.4 Å². The Labute approximate surface area is 191 Å². The topological polar surface area (TPSA) is 66.5 Å². The zero-order chi connectivity index (χ0) is 23.1. The van der Waals surface area contributed by atoms with Crippen molar-refractivity contribution in [1.82, 2.24) is 9.62 Å². The van der Waals surface area contributed by atoms with Crippen molar-refractivity contribution in [3.63, 3.8) is 0 Å². The average molecular weight is 465 g/mol. The lowest BCUT2D eigenvalue weighted by atomic mass is 9.90. The summed E-state index contributed by atoms with van der Waals surface area (Å²) in [6, 6.07) is 15.6. The summed E-state index contributed by atoms with van der Waals surface area (Å²) in [5, 5.41) is 0.479. The van der Waals surface area contributed by atoms with Crippen molar-refractivity contribution in [3.05, 3.63) is 65.2 Å². The normalized spacial score (nSPS) is 13.4. The van der Waals surface area contributed by atoms with Gasteiger partial charge in [-0.25, -0.2) is 13.1 Å². The molecule has 0 fully saturated rings. The molecule has 170 valence electrons. The standard InChI is InChI=1S/C24H33ClN2O3S/c1-5-6-16-27(18-23(28)24(2,3)4)22(19-10-8-7-9-11-19)17-26-31(29,30)21-14-12-20(25)13-15-21/h7-15,22,26H,5-6,16-18H2,1-4H3. The Morgan fingerprint density at radius 2 is 1.68 bits per heavy atom. The molecule has 1 unspecified atom stereocenters. The van der Waals surface area contributed by atoms with Gasteiger partial charge in [0, 0.05) is 23.0 Å². The first-order valence-electron chi connectivity index (χ1n) is 10.6. The van der Waals surface area contributed by atoms with E-state index in [9.17, 15) is 13.2 Å². The third kappa shape index (κ3) is 7.72. The lowest BCUT2D eigenvalue weighted by Crippen LogP contribution is -2.43. The molecule has 2 rings (SSSR count). The van der Waals surface area contributed by atoms with Gasteiger partial charge in [-0.15, -0.1) is 0 Å². The van der Waals surface area contributed by atoms with Crippen LogP contribution in [0.25, 0.3) is 0 Å². The van der Waals surface area contributed by atoms with Crippen LogP contribution in [0.2, 0.25) is 5.02 Å². The number of sulfonamides is 1. The number of carbonyl (C=O) groups excluding carboxylic acids is 1. The molecule has 2 aromatic rings. The second kappa shape index (κ2) is 11.2. The molecule has 1 atom stereocenters. The molecule has 2 aromatic carbocycles. The smallest absolute Gasteiger partial charge is 0.240 e. The number of nitrogens with zero attached hydrogens (tertiary/aromatic N) is 1. The zero-order valence-electron chi connectivity index (χ0n) is 18.8. The quantitative estimate of drug-likeness (QED) is 0.503. The number of ketones is 1. The first-order valence-corrected chi connectivity index (χ1v) is 12.5. The number of nitrogens with one attached hydrogen (secondary N) is 1. The summed E-state index contributed by atoms with van der Waals surface area (Å²) in [6.45, 7) is 8.98. The number of carbonyl (C=O) groups is 1. The van der Waals surface area contributed by atoms with E-state index in [4.69, 9.17) is 11.6 Å². The van der Waals surface area contributed by atoms with Gasteiger partial charge in [-0.1, -0.05) is 76.0 Å². The van der Waals surface area contributed by atoms with Crippen molar-refractivity contribution < 1.29 is 13.2 Å². The Hall–Kier alpha value is -1.73. The molecule has 1 N–H and O–H groups in total. The van der Waals surface area contributed by atoms with Gasteiger partial charge in [0.2, 0.25) is 10.0 Å². The van der Waals surface area contributed by atoms with Gasteiger partial charge in [-0.2, -0.15) is 0 Å². The van der Waals surface area contributed by atoms with E-state index in [0.717, 1.165) is 18.4 Å². The molecule has 0 radical (unpaired) electrons. The van der Waals surface area contributed by atoms with Crippen LogP contribution >= 0.6 is 11.6 Å². The van der Waals surface area contributed by atoms with E-state index in [-0.39, 0.29) is 29.8 Å². The summed E-state index contributed by atoms with van der Waals surface area (Å²) in [6.07, 6.45) is 1.91. The maximum Gasteiger partial charge on any atom is 0.240 e. The Kier molecular flexibility index (Phi) is 9.25. The lowest BCUT2D eigenvalue weighted by Gasteiger charge is -2.33.